The van der Waals surface area contributed by atoms with Crippen LogP contribution < -0.4 is 66.3 Å². The van der Waals surface area contributed by atoms with Crippen LogP contribution in [0.5, 0.6) is 0 Å². The molecule has 0 aromatic heterocycles. The monoisotopic (exact) mass is 1580 g/mol. The van der Waals surface area contributed by atoms with Crippen LogP contribution in [0, 0.1) is 0 Å². The Morgan fingerprint density at radius 1 is 0.340 bits per heavy atom. The first-order valence-corrected chi connectivity index (χ1v) is 41.4. The summed E-state index contributed by atoms with van der Waals surface area (Å²) < 4.78 is -0.266. The molecule has 0 aromatic rings. The number of hydrogen-bond acceptors (Lipinski definition) is 30. The Labute approximate surface area is 627 Å². The molecule has 30 nitrogen and oxygen atoms in total. The maximum atomic E-state index is 11.8. The van der Waals surface area contributed by atoms with Gasteiger partial charge in [0.05, 0.1) is 49.3 Å². The number of aliphatic carboxylic acids is 2. The minimum absolute atomic E-state index is 0.00884. The topological polar surface area (TPSA) is 542 Å². The Morgan fingerprint density at radius 3 is 0.730 bits per heavy atom. The molecule has 0 bridgehead atoms. The van der Waals surface area contributed by atoms with Crippen molar-refractivity contribution in [2.75, 3.05) is 97.7 Å². The van der Waals surface area contributed by atoms with Crippen LogP contribution in [-0.4, -0.2) is 271 Å². The largest absolute Gasteiger partial charge is 0.480 e. The summed E-state index contributed by atoms with van der Waals surface area (Å²) in [7, 11) is 0. The molecule has 0 aliphatic rings. The second-order valence-corrected chi connectivity index (χ2v) is 31.1. The molecule has 10 atom stereocenters. The molecular formula is C62H120N12O18S8. The summed E-state index contributed by atoms with van der Waals surface area (Å²) in [6.45, 7) is 22.3. The van der Waals surface area contributed by atoms with Crippen LogP contribution in [0.2, 0.25) is 0 Å². The van der Waals surface area contributed by atoms with E-state index in [2.05, 4.69) is 31.9 Å². The van der Waals surface area contributed by atoms with E-state index in [1.807, 2.05) is 65.2 Å². The summed E-state index contributed by atoms with van der Waals surface area (Å²) in [6, 6.07) is -5.60. The number of carboxylic acid groups (broad SMARTS) is 2. The van der Waals surface area contributed by atoms with E-state index in [1.54, 1.807) is 83.1 Å². The smallest absolute Gasteiger partial charge is 0.320 e. The third kappa shape index (κ3) is 69.4. The fourth-order valence-corrected chi connectivity index (χ4v) is 10.4. The molecule has 584 valence electrons. The fraction of sp³-hybridized carbons (Fsp3) is 0.742. The molecule has 0 rings (SSSR count). The van der Waals surface area contributed by atoms with Gasteiger partial charge < -0.3 is 76.5 Å². The van der Waals surface area contributed by atoms with Crippen LogP contribution in [0.15, 0.2) is 0 Å². The van der Waals surface area contributed by atoms with E-state index in [0.29, 0.717) is 23.0 Å². The average Bonchev–Trinajstić information content (AvgIpc) is 0.899. The fourth-order valence-electron chi connectivity index (χ4n) is 5.89. The third-order valence-electron chi connectivity index (χ3n) is 12.6. The first-order chi connectivity index (χ1) is 45.9. The molecule has 0 spiro atoms. The summed E-state index contributed by atoms with van der Waals surface area (Å²) in [5.41, 5.74) is 32.6. The highest BCUT2D eigenvalue weighted by Crippen LogP contribution is 2.25. The van der Waals surface area contributed by atoms with Crippen molar-refractivity contribution in [3.8, 4) is 0 Å². The molecular weight excluding hydrogens is 1460 g/mol. The minimum atomic E-state index is -1.18. The molecule has 6 amide bonds. The summed E-state index contributed by atoms with van der Waals surface area (Å²) >= 11 is 12.2. The molecule has 38 heteroatoms. The van der Waals surface area contributed by atoms with Gasteiger partial charge in [0, 0.05) is 70.7 Å². The first-order valence-electron chi connectivity index (χ1n) is 30.6. The van der Waals surface area contributed by atoms with Gasteiger partial charge in [-0.05, 0) is 146 Å². The van der Waals surface area contributed by atoms with Gasteiger partial charge in [0.25, 0.3) is 0 Å². The van der Waals surface area contributed by atoms with Gasteiger partial charge in [-0.2, -0.15) is 94.1 Å². The van der Waals surface area contributed by atoms with Crippen molar-refractivity contribution in [3.05, 3.63) is 0 Å². The lowest BCUT2D eigenvalue weighted by Gasteiger charge is -2.27. The van der Waals surface area contributed by atoms with E-state index in [9.17, 15) is 76.7 Å². The lowest BCUT2D eigenvalue weighted by Crippen LogP contribution is -2.49. The standard InChI is InChI=1S/2C12H21N3O5S.2C7H13NO2S.2C7H15NOS.2C5H11NOS/c2*1-7(16)5-14-11(18)9(6-21-2)15-10(17)4-3-8(13)12(19)20;2*1-5(9)7(4-11-3)8-6(2)10;2*1-5(9)6(8)7(2,3)10-4;2*1-4(7)5(6)3-8-2/h2*8-9H,3-6,13H2,1-2H3,(H,14,18)(H,15,17)(H,19,20);2*7H,4H2,1-3H3,(H,8,10);2*6H,8H2,1-4H3;2*5H,3,6H2,1-2H3/t2*8-,9-;2*7-;;;2*5-/m0000..00/s1. The van der Waals surface area contributed by atoms with E-state index >= 15 is 0 Å². The molecule has 0 aliphatic carbocycles. The predicted octanol–water partition coefficient (Wildman–Crippen LogP) is 0.969. The lowest BCUT2D eigenvalue weighted by molar-refractivity contribution is -0.140. The Balaban J connectivity index is -0.000000166. The van der Waals surface area contributed by atoms with Gasteiger partial charge in [-0.1, -0.05) is 0 Å². The highest BCUT2D eigenvalue weighted by atomic mass is 32.2. The van der Waals surface area contributed by atoms with Crippen molar-refractivity contribution in [1.82, 2.24) is 31.9 Å². The summed E-state index contributed by atoms with van der Waals surface area (Å²) in [6.07, 6.45) is 14.9. The zero-order valence-electron chi connectivity index (χ0n) is 62.4. The lowest BCUT2D eigenvalue weighted by atomic mass is 10.0. The quantitative estimate of drug-likeness (QED) is 0.0406. The highest BCUT2D eigenvalue weighted by Gasteiger charge is 2.30. The van der Waals surface area contributed by atoms with Crippen LogP contribution in [-0.2, 0) is 76.7 Å². The minimum Gasteiger partial charge on any atom is -0.480 e. The molecule has 0 saturated heterocycles. The second-order valence-electron chi connectivity index (χ2n) is 22.7. The van der Waals surface area contributed by atoms with Crippen LogP contribution in [0.1, 0.15) is 123 Å². The molecule has 0 saturated carbocycles. The molecule has 0 fully saturated rings. The van der Waals surface area contributed by atoms with Gasteiger partial charge in [-0.15, -0.1) is 0 Å². The van der Waals surface area contributed by atoms with Gasteiger partial charge in [-0.3, -0.25) is 76.7 Å². The van der Waals surface area contributed by atoms with Gasteiger partial charge in [-0.25, -0.2) is 0 Å². The number of carboxylic acids is 2. The van der Waals surface area contributed by atoms with Gasteiger partial charge >= 0.3 is 11.9 Å². The number of thioether (sulfide) groups is 8. The van der Waals surface area contributed by atoms with Gasteiger partial charge in [0.1, 0.15) is 58.9 Å². The van der Waals surface area contributed by atoms with Crippen molar-refractivity contribution in [3.63, 3.8) is 0 Å². The summed E-state index contributed by atoms with van der Waals surface area (Å²) in [5.74, 6) is -1.13. The Kier molecular flexibility index (Phi) is 74.3. The van der Waals surface area contributed by atoms with Crippen LogP contribution in [0.4, 0.5) is 0 Å². The molecule has 100 heavy (non-hydrogen) atoms. The molecule has 0 heterocycles. The maximum Gasteiger partial charge on any atom is 0.320 e. The number of nitrogens with two attached hydrogens (primary N) is 6. The normalized spacial score (nSPS) is 13.3. The van der Waals surface area contributed by atoms with E-state index in [4.69, 9.17) is 44.6 Å². The number of hydrogen-bond donors (Lipinski definition) is 14. The SMILES string of the molecule is CSC(C)(C)C(N)C(C)=O.CSC(C)(C)C(N)C(C)=O.CSC[C@H](N)C(C)=O.CSC[C@H](N)C(C)=O.CSC[C@H](NC(=O)CC[C@H](N)C(=O)O)C(=O)NCC(C)=O.CSC[C@H](NC(=O)CC[C@H](N)C(=O)O)C(=O)NCC(C)=O.CSC[C@H](NC(C)=O)C(C)=O.CSC[C@H](NC(C)=O)C(C)=O. The number of amides is 6. The number of rotatable bonds is 40. The van der Waals surface area contributed by atoms with Crippen molar-refractivity contribution in [1.29, 1.82) is 0 Å². The van der Waals surface area contributed by atoms with Crippen molar-refractivity contribution >= 4 is 188 Å². The zero-order valence-corrected chi connectivity index (χ0v) is 68.9. The first kappa shape index (κ1) is 112. The van der Waals surface area contributed by atoms with Gasteiger partial charge in [0.15, 0.2) is 11.6 Å². The number of Topliss-reactive ketones (excluding diaryl/α,β-unsaturated/α-hetero) is 8. The Bertz CT molecular complexity index is 2330. The average molecular weight is 1580 g/mol. The summed E-state index contributed by atoms with van der Waals surface area (Å²) in [4.78, 5) is 175. The number of carbonyl (C=O) groups excluding carboxylic acids is 14. The number of ketones is 8. The highest BCUT2D eigenvalue weighted by molar-refractivity contribution is 8.00. The maximum absolute atomic E-state index is 11.8. The van der Waals surface area contributed by atoms with E-state index in [0.717, 1.165) is 11.5 Å². The van der Waals surface area contributed by atoms with Gasteiger partial charge in [0.2, 0.25) is 35.4 Å². The van der Waals surface area contributed by atoms with E-state index in [-0.39, 0.29) is 143 Å². The Hall–Kier alpha value is -4.32. The molecule has 0 radical (unpaired) electrons. The van der Waals surface area contributed by atoms with Crippen molar-refractivity contribution in [2.24, 2.45) is 34.4 Å². The molecule has 20 N–H and O–H groups in total. The van der Waals surface area contributed by atoms with Crippen molar-refractivity contribution < 1.29 is 86.9 Å². The second kappa shape index (κ2) is 66.6. The number of carbonyl (C=O) groups is 16. The van der Waals surface area contributed by atoms with Crippen LogP contribution >= 0.6 is 94.1 Å². The Morgan fingerprint density at radius 2 is 0.580 bits per heavy atom. The zero-order chi connectivity index (χ0) is 80.4. The molecule has 0 aromatic carbocycles. The summed E-state index contributed by atoms with van der Waals surface area (Å²) in [5, 5.41) is 32.2. The predicted molar refractivity (Wildman–Crippen MR) is 418 cm³/mol. The van der Waals surface area contributed by atoms with Crippen molar-refractivity contribution in [2.45, 2.75) is 193 Å². The van der Waals surface area contributed by atoms with Crippen LogP contribution in [0.25, 0.3) is 0 Å². The van der Waals surface area contributed by atoms with E-state index < -0.39 is 59.7 Å². The van der Waals surface area contributed by atoms with E-state index in [1.165, 1.54) is 92.8 Å². The third-order valence-corrected chi connectivity index (χ3v) is 19.2. The molecule has 2 unspecified atom stereocenters. The van der Waals surface area contributed by atoms with Crippen LogP contribution in [0.3, 0.4) is 0 Å². The molecule has 0 aliphatic heterocycles. The number of nitrogens with one attached hydrogen (secondary N) is 6.